The Bertz CT molecular complexity index is 792. The van der Waals surface area contributed by atoms with E-state index in [4.69, 9.17) is 4.74 Å². The van der Waals surface area contributed by atoms with Crippen LogP contribution in [0.1, 0.15) is 0 Å². The molecule has 1 heterocycles. The van der Waals surface area contributed by atoms with E-state index < -0.39 is 15.5 Å². The number of aryl methyl sites for hydroxylation is 1. The minimum atomic E-state index is -3.74. The number of pyridine rings is 1. The molecule has 19 heavy (non-hydrogen) atoms. The summed E-state index contributed by atoms with van der Waals surface area (Å²) >= 11 is 0. The smallest absolute Gasteiger partial charge is 0.306 e. The summed E-state index contributed by atoms with van der Waals surface area (Å²) in [5.74, 6) is 0.391. The molecule has 1 aromatic carbocycles. The van der Waals surface area contributed by atoms with Crippen molar-refractivity contribution in [2.24, 2.45) is 7.05 Å². The average Bonchev–Trinajstić information content (AvgIpc) is 2.33. The van der Waals surface area contributed by atoms with Crippen LogP contribution in [-0.2, 0) is 17.2 Å². The first-order valence-electron chi connectivity index (χ1n) is 5.38. The van der Waals surface area contributed by atoms with Crippen molar-refractivity contribution in [3.05, 3.63) is 34.6 Å². The van der Waals surface area contributed by atoms with Gasteiger partial charge < -0.3 is 13.5 Å². The lowest BCUT2D eigenvalue weighted by Crippen LogP contribution is -2.16. The molecule has 0 saturated heterocycles. The average molecular weight is 283 g/mol. The van der Waals surface area contributed by atoms with Gasteiger partial charge in [0.25, 0.3) is 0 Å². The zero-order valence-electron chi connectivity index (χ0n) is 10.7. The molecule has 102 valence electrons. The Balaban J connectivity index is 2.73. The third kappa shape index (κ3) is 2.70. The first-order chi connectivity index (χ1) is 8.81. The van der Waals surface area contributed by atoms with E-state index in [9.17, 15) is 13.2 Å². The standard InChI is InChI=1S/C12H13NO5S/c1-13-7-11(18-19(3,15)16)12(14)9-5-4-8(17-2)6-10(9)13/h4-7H,1-3H3. The topological polar surface area (TPSA) is 74.6 Å². The monoisotopic (exact) mass is 283 g/mol. The summed E-state index contributed by atoms with van der Waals surface area (Å²) in [6.45, 7) is 0. The molecule has 0 bridgehead atoms. The van der Waals surface area contributed by atoms with Crippen LogP contribution < -0.4 is 14.3 Å². The highest BCUT2D eigenvalue weighted by Crippen LogP contribution is 2.20. The Hall–Kier alpha value is -2.02. The fourth-order valence-electron chi connectivity index (χ4n) is 1.78. The van der Waals surface area contributed by atoms with Crippen molar-refractivity contribution < 1.29 is 17.3 Å². The molecule has 0 fully saturated rings. The van der Waals surface area contributed by atoms with Gasteiger partial charge in [-0.05, 0) is 12.1 Å². The highest BCUT2D eigenvalue weighted by Gasteiger charge is 2.13. The molecule has 0 unspecified atom stereocenters. The van der Waals surface area contributed by atoms with E-state index in [-0.39, 0.29) is 5.75 Å². The molecule has 0 atom stereocenters. The fourth-order valence-corrected chi connectivity index (χ4v) is 2.23. The Labute approximate surface area is 110 Å². The molecule has 1 aromatic heterocycles. The lowest BCUT2D eigenvalue weighted by atomic mass is 10.2. The highest BCUT2D eigenvalue weighted by atomic mass is 32.2. The molecule has 0 aliphatic rings. The third-order valence-corrected chi connectivity index (χ3v) is 3.09. The van der Waals surface area contributed by atoms with Crippen molar-refractivity contribution in [1.29, 1.82) is 0 Å². The molecule has 0 aliphatic carbocycles. The van der Waals surface area contributed by atoms with Crippen molar-refractivity contribution in [2.45, 2.75) is 0 Å². The van der Waals surface area contributed by atoms with Gasteiger partial charge in [0.2, 0.25) is 11.2 Å². The molecule has 2 aromatic rings. The molecular formula is C12H13NO5S. The van der Waals surface area contributed by atoms with E-state index in [2.05, 4.69) is 4.18 Å². The first-order valence-corrected chi connectivity index (χ1v) is 7.20. The van der Waals surface area contributed by atoms with Crippen LogP contribution in [0, 0.1) is 0 Å². The zero-order valence-corrected chi connectivity index (χ0v) is 11.5. The maximum atomic E-state index is 12.1. The molecule has 7 heteroatoms. The highest BCUT2D eigenvalue weighted by molar-refractivity contribution is 7.86. The quantitative estimate of drug-likeness (QED) is 0.782. The predicted molar refractivity (Wildman–Crippen MR) is 71.2 cm³/mol. The fraction of sp³-hybridized carbons (Fsp3) is 0.250. The number of methoxy groups -OCH3 is 1. The summed E-state index contributed by atoms with van der Waals surface area (Å²) in [5, 5.41) is 0.365. The van der Waals surface area contributed by atoms with Crippen LogP contribution in [0.4, 0.5) is 0 Å². The maximum absolute atomic E-state index is 12.1. The molecule has 0 radical (unpaired) electrons. The van der Waals surface area contributed by atoms with E-state index in [1.54, 1.807) is 29.8 Å². The van der Waals surface area contributed by atoms with Crippen LogP contribution >= 0.6 is 0 Å². The van der Waals surface area contributed by atoms with Crippen molar-refractivity contribution in [1.82, 2.24) is 4.57 Å². The third-order valence-electron chi connectivity index (χ3n) is 2.61. The van der Waals surface area contributed by atoms with Gasteiger partial charge in [0.15, 0.2) is 0 Å². The number of hydrogen-bond donors (Lipinski definition) is 0. The van der Waals surface area contributed by atoms with Gasteiger partial charge in [-0.25, -0.2) is 0 Å². The summed E-state index contributed by atoms with van der Waals surface area (Å²) in [4.78, 5) is 12.1. The lowest BCUT2D eigenvalue weighted by Gasteiger charge is -2.10. The Kier molecular flexibility index (Phi) is 3.23. The van der Waals surface area contributed by atoms with E-state index in [0.717, 1.165) is 6.26 Å². The van der Waals surface area contributed by atoms with Crippen molar-refractivity contribution in [2.75, 3.05) is 13.4 Å². The number of ether oxygens (including phenoxy) is 1. The van der Waals surface area contributed by atoms with Crippen LogP contribution in [0.2, 0.25) is 0 Å². The van der Waals surface area contributed by atoms with Crippen LogP contribution in [-0.4, -0.2) is 26.4 Å². The molecule has 0 amide bonds. The summed E-state index contributed by atoms with van der Waals surface area (Å²) < 4.78 is 33.6. The number of nitrogens with zero attached hydrogens (tertiary/aromatic N) is 1. The summed E-state index contributed by atoms with van der Waals surface area (Å²) in [5.41, 5.74) is 0.159. The van der Waals surface area contributed by atoms with E-state index in [1.807, 2.05) is 0 Å². The Morgan fingerprint density at radius 3 is 2.53 bits per heavy atom. The van der Waals surface area contributed by atoms with Crippen LogP contribution in [0.15, 0.2) is 29.2 Å². The van der Waals surface area contributed by atoms with Crippen molar-refractivity contribution >= 4 is 21.0 Å². The molecule has 0 N–H and O–H groups in total. The molecule has 0 aliphatic heterocycles. The summed E-state index contributed by atoms with van der Waals surface area (Å²) in [6.07, 6.45) is 2.23. The van der Waals surface area contributed by atoms with Crippen LogP contribution in [0.5, 0.6) is 11.5 Å². The van der Waals surface area contributed by atoms with Gasteiger partial charge >= 0.3 is 10.1 Å². The first kappa shape index (κ1) is 13.4. The maximum Gasteiger partial charge on any atom is 0.306 e. The summed E-state index contributed by atoms with van der Waals surface area (Å²) in [7, 11) is -0.517. The zero-order chi connectivity index (χ0) is 14.2. The minimum Gasteiger partial charge on any atom is -0.497 e. The number of rotatable bonds is 3. The van der Waals surface area contributed by atoms with Gasteiger partial charge in [0, 0.05) is 18.5 Å². The second-order valence-corrected chi connectivity index (χ2v) is 5.68. The Morgan fingerprint density at radius 2 is 1.95 bits per heavy atom. The van der Waals surface area contributed by atoms with Gasteiger partial charge in [-0.15, -0.1) is 0 Å². The number of aromatic nitrogens is 1. The van der Waals surface area contributed by atoms with Gasteiger partial charge in [-0.3, -0.25) is 4.79 Å². The number of hydrogen-bond acceptors (Lipinski definition) is 5. The van der Waals surface area contributed by atoms with Gasteiger partial charge in [-0.1, -0.05) is 0 Å². The predicted octanol–water partition coefficient (Wildman–Crippen LogP) is 0.885. The molecule has 6 nitrogen and oxygen atoms in total. The largest absolute Gasteiger partial charge is 0.497 e. The van der Waals surface area contributed by atoms with E-state index in [0.29, 0.717) is 16.7 Å². The van der Waals surface area contributed by atoms with Gasteiger partial charge in [0.05, 0.1) is 25.1 Å². The second kappa shape index (κ2) is 4.58. The molecule has 0 saturated carbocycles. The molecule has 0 spiro atoms. The molecular weight excluding hydrogens is 270 g/mol. The number of fused-ring (bicyclic) bond motifs is 1. The van der Waals surface area contributed by atoms with Gasteiger partial charge in [0.1, 0.15) is 5.75 Å². The van der Waals surface area contributed by atoms with Gasteiger partial charge in [-0.2, -0.15) is 8.42 Å². The van der Waals surface area contributed by atoms with Crippen LogP contribution in [0.3, 0.4) is 0 Å². The van der Waals surface area contributed by atoms with Crippen molar-refractivity contribution in [3.63, 3.8) is 0 Å². The normalized spacial score (nSPS) is 11.5. The minimum absolute atomic E-state index is 0.220. The lowest BCUT2D eigenvalue weighted by molar-refractivity contribution is 0.415. The van der Waals surface area contributed by atoms with Crippen molar-refractivity contribution in [3.8, 4) is 11.5 Å². The molecule has 2 rings (SSSR count). The van der Waals surface area contributed by atoms with Crippen LogP contribution in [0.25, 0.3) is 10.9 Å². The SMILES string of the molecule is COc1ccc2c(=O)c(OS(C)(=O)=O)cn(C)c2c1. The second-order valence-electron chi connectivity index (χ2n) is 4.10. The van der Waals surface area contributed by atoms with E-state index >= 15 is 0 Å². The number of benzene rings is 1. The Morgan fingerprint density at radius 1 is 1.26 bits per heavy atom. The van der Waals surface area contributed by atoms with E-state index in [1.165, 1.54) is 13.3 Å². The summed E-state index contributed by atoms with van der Waals surface area (Å²) in [6, 6.07) is 4.90.